The Kier molecular flexibility index (Phi) is 3.95. The van der Waals surface area contributed by atoms with Crippen molar-refractivity contribution < 1.29 is 13.6 Å². The summed E-state index contributed by atoms with van der Waals surface area (Å²) in [6.07, 6.45) is 0. The molecule has 7 nitrogen and oxygen atoms in total. The quantitative estimate of drug-likeness (QED) is 0.538. The van der Waals surface area contributed by atoms with Crippen molar-refractivity contribution in [3.05, 3.63) is 27.7 Å². The van der Waals surface area contributed by atoms with E-state index in [1.54, 1.807) is 27.8 Å². The standard InChI is InChI=1S/C16H16F2IN5O2/c1-7-10(17)12-9-13(11(7)18)24(19)16(26)20-14(9)23-5-4-21(2)6-8(23)15(25)22(12)3/h8H,4-6H2,1-3H3. The molecule has 0 N–H and O–H groups in total. The average Bonchev–Trinajstić information content (AvgIpc) is 2.69. The van der Waals surface area contributed by atoms with Crippen molar-refractivity contribution in [3.8, 4) is 0 Å². The van der Waals surface area contributed by atoms with Gasteiger partial charge in [0, 0.05) is 32.2 Å². The monoisotopic (exact) mass is 475 g/mol. The zero-order chi connectivity index (χ0) is 18.9. The first-order chi connectivity index (χ1) is 12.2. The highest BCUT2D eigenvalue weighted by atomic mass is 127. The number of nitrogens with zero attached hydrogens (tertiary/aromatic N) is 5. The van der Waals surface area contributed by atoms with E-state index >= 15 is 4.39 Å². The Labute approximate surface area is 161 Å². The molecule has 2 aromatic rings. The first-order valence-corrected chi connectivity index (χ1v) is 9.03. The normalized spacial score (nSPS) is 20.5. The van der Waals surface area contributed by atoms with Crippen LogP contribution in [0.25, 0.3) is 10.9 Å². The Morgan fingerprint density at radius 3 is 2.54 bits per heavy atom. The second-order valence-electron chi connectivity index (χ2n) is 6.69. The van der Waals surface area contributed by atoms with Gasteiger partial charge in [0.25, 0.3) is 5.91 Å². The highest BCUT2D eigenvalue weighted by molar-refractivity contribution is 14.1. The number of halogens is 3. The Hall–Kier alpha value is -1.82. The molecule has 0 radical (unpaired) electrons. The number of anilines is 2. The highest BCUT2D eigenvalue weighted by Crippen LogP contribution is 2.42. The number of hydrogen-bond donors (Lipinski definition) is 0. The maximum Gasteiger partial charge on any atom is 0.359 e. The van der Waals surface area contributed by atoms with Crippen LogP contribution in [0, 0.1) is 18.6 Å². The molecule has 1 fully saturated rings. The van der Waals surface area contributed by atoms with Crippen LogP contribution < -0.4 is 15.5 Å². The first kappa shape index (κ1) is 17.6. The van der Waals surface area contributed by atoms with Gasteiger partial charge in [-0.25, -0.2) is 16.4 Å². The van der Waals surface area contributed by atoms with Crippen LogP contribution >= 0.6 is 22.9 Å². The maximum absolute atomic E-state index is 15.0. The minimum atomic E-state index is -0.815. The second-order valence-corrected chi connectivity index (χ2v) is 7.66. The molecule has 1 aromatic carbocycles. The first-order valence-electron chi connectivity index (χ1n) is 8.07. The molecule has 1 amide bonds. The van der Waals surface area contributed by atoms with Crippen LogP contribution in [0.4, 0.5) is 20.3 Å². The van der Waals surface area contributed by atoms with E-state index in [9.17, 15) is 14.0 Å². The van der Waals surface area contributed by atoms with Gasteiger partial charge in [0.15, 0.2) is 11.6 Å². The van der Waals surface area contributed by atoms with Gasteiger partial charge in [0.05, 0.1) is 33.9 Å². The molecule has 0 spiro atoms. The molecule has 2 aliphatic heterocycles. The van der Waals surface area contributed by atoms with Crippen LogP contribution in [-0.2, 0) is 4.79 Å². The van der Waals surface area contributed by atoms with Gasteiger partial charge in [-0.3, -0.25) is 4.79 Å². The smallest absolute Gasteiger partial charge is 0.341 e. The summed E-state index contributed by atoms with van der Waals surface area (Å²) in [6.45, 7) is 2.79. The lowest BCUT2D eigenvalue weighted by Crippen LogP contribution is -2.58. The van der Waals surface area contributed by atoms with Crippen LogP contribution in [0.5, 0.6) is 0 Å². The van der Waals surface area contributed by atoms with Crippen molar-refractivity contribution in [3.63, 3.8) is 0 Å². The molecule has 0 aliphatic carbocycles. The zero-order valence-electron chi connectivity index (χ0n) is 14.4. The second kappa shape index (κ2) is 5.84. The van der Waals surface area contributed by atoms with Gasteiger partial charge in [-0.1, -0.05) is 0 Å². The van der Waals surface area contributed by atoms with Crippen LogP contribution in [0.2, 0.25) is 0 Å². The van der Waals surface area contributed by atoms with E-state index in [1.807, 2.05) is 11.9 Å². The molecule has 0 bridgehead atoms. The summed E-state index contributed by atoms with van der Waals surface area (Å²) in [5, 5.41) is 0.155. The van der Waals surface area contributed by atoms with Crippen molar-refractivity contribution in [2.24, 2.45) is 0 Å². The van der Waals surface area contributed by atoms with Gasteiger partial charge < -0.3 is 14.7 Å². The van der Waals surface area contributed by atoms with Gasteiger partial charge in [0.2, 0.25) is 0 Å². The molecule has 4 rings (SSSR count). The van der Waals surface area contributed by atoms with E-state index in [4.69, 9.17) is 0 Å². The maximum atomic E-state index is 15.0. The molecule has 10 heteroatoms. The fourth-order valence-electron chi connectivity index (χ4n) is 3.71. The molecule has 1 saturated heterocycles. The van der Waals surface area contributed by atoms with E-state index < -0.39 is 23.4 Å². The molecule has 1 unspecified atom stereocenters. The number of aromatic nitrogens is 2. The summed E-state index contributed by atoms with van der Waals surface area (Å²) in [5.74, 6) is -1.77. The van der Waals surface area contributed by atoms with E-state index in [2.05, 4.69) is 4.98 Å². The largest absolute Gasteiger partial charge is 0.359 e. The minimum Gasteiger partial charge on any atom is -0.341 e. The predicted octanol–water partition coefficient (Wildman–Crippen LogP) is 1.28. The fraction of sp³-hybridized carbons (Fsp3) is 0.438. The van der Waals surface area contributed by atoms with Gasteiger partial charge in [-0.05, 0) is 14.0 Å². The molecule has 138 valence electrons. The summed E-state index contributed by atoms with van der Waals surface area (Å²) >= 11 is 1.66. The molecular weight excluding hydrogens is 459 g/mol. The number of fused-ring (bicyclic) bond motifs is 2. The Morgan fingerprint density at radius 2 is 1.85 bits per heavy atom. The zero-order valence-corrected chi connectivity index (χ0v) is 16.5. The third-order valence-corrected chi connectivity index (χ3v) is 6.04. The number of likely N-dealkylation sites (N-methyl/N-ethyl adjacent to an activating group) is 2. The van der Waals surface area contributed by atoms with Gasteiger partial charge in [-0.15, -0.1) is 0 Å². The predicted molar refractivity (Wildman–Crippen MR) is 102 cm³/mol. The van der Waals surface area contributed by atoms with Crippen LogP contribution in [-0.4, -0.2) is 58.3 Å². The van der Waals surface area contributed by atoms with Crippen molar-refractivity contribution in [1.29, 1.82) is 0 Å². The van der Waals surface area contributed by atoms with Gasteiger partial charge >= 0.3 is 5.69 Å². The van der Waals surface area contributed by atoms with E-state index in [-0.39, 0.29) is 33.9 Å². The third-order valence-electron chi connectivity index (χ3n) is 5.14. The lowest BCUT2D eigenvalue weighted by molar-refractivity contribution is -0.120. The van der Waals surface area contributed by atoms with E-state index in [0.717, 1.165) is 2.78 Å². The molecule has 3 heterocycles. The number of piperazine rings is 1. The number of carbonyl (C=O) groups excluding carboxylic acids is 1. The van der Waals surface area contributed by atoms with Gasteiger partial charge in [-0.2, -0.15) is 4.98 Å². The van der Waals surface area contributed by atoms with Crippen molar-refractivity contribution in [2.75, 3.05) is 43.5 Å². The molecule has 1 aromatic heterocycles. The molecule has 1 atom stereocenters. The molecule has 0 saturated carbocycles. The summed E-state index contributed by atoms with van der Waals surface area (Å²) in [5.41, 5.74) is -0.965. The summed E-state index contributed by atoms with van der Waals surface area (Å²) in [6, 6.07) is -0.617. The molecular formula is C16H16F2IN5O2. The lowest BCUT2D eigenvalue weighted by Gasteiger charge is -2.39. The van der Waals surface area contributed by atoms with Crippen molar-refractivity contribution >= 4 is 51.2 Å². The number of hydrogen-bond acceptors (Lipinski definition) is 5. The fourth-order valence-corrected chi connectivity index (χ4v) is 4.27. The molecule has 26 heavy (non-hydrogen) atoms. The summed E-state index contributed by atoms with van der Waals surface area (Å²) < 4.78 is 31.0. The Balaban J connectivity index is 2.19. The minimum absolute atomic E-state index is 0.0335. The van der Waals surface area contributed by atoms with Gasteiger partial charge in [0.1, 0.15) is 17.4 Å². The number of amides is 1. The topological polar surface area (TPSA) is 61.7 Å². The number of carbonyl (C=O) groups is 1. The number of rotatable bonds is 0. The average molecular weight is 475 g/mol. The lowest BCUT2D eigenvalue weighted by atomic mass is 10.1. The Bertz CT molecular complexity index is 1020. The van der Waals surface area contributed by atoms with Crippen LogP contribution in [0.3, 0.4) is 0 Å². The van der Waals surface area contributed by atoms with E-state index in [1.165, 1.54) is 18.9 Å². The summed E-state index contributed by atoms with van der Waals surface area (Å²) in [4.78, 5) is 34.4. The van der Waals surface area contributed by atoms with Crippen molar-refractivity contribution in [2.45, 2.75) is 13.0 Å². The Morgan fingerprint density at radius 1 is 1.15 bits per heavy atom. The molecule has 2 aliphatic rings. The number of benzene rings is 1. The highest BCUT2D eigenvalue weighted by Gasteiger charge is 2.41. The van der Waals surface area contributed by atoms with Crippen LogP contribution in [0.15, 0.2) is 4.79 Å². The SMILES string of the molecule is Cc1c(F)c2c3c(nc(=O)n(I)c3c1F)N1CCN(C)CC1C(=O)N2C. The van der Waals surface area contributed by atoms with E-state index in [0.29, 0.717) is 19.6 Å². The third kappa shape index (κ3) is 2.20. The van der Waals surface area contributed by atoms with Crippen LogP contribution in [0.1, 0.15) is 5.56 Å². The summed E-state index contributed by atoms with van der Waals surface area (Å²) in [7, 11) is 3.36. The van der Waals surface area contributed by atoms with Crippen molar-refractivity contribution in [1.82, 2.24) is 12.7 Å².